The van der Waals surface area contributed by atoms with Crippen LogP contribution >= 0.6 is 0 Å². The first-order valence-corrected chi connectivity index (χ1v) is 6.85. The molecule has 2 rings (SSSR count). The molecule has 4 heteroatoms. The summed E-state index contributed by atoms with van der Waals surface area (Å²) in [7, 11) is 3.53. The van der Waals surface area contributed by atoms with Gasteiger partial charge < -0.3 is 15.5 Å². The fraction of sp³-hybridized carbons (Fsp3) is 0.533. The molecular formula is C15H23N3O. The number of rotatable bonds is 2. The van der Waals surface area contributed by atoms with E-state index in [2.05, 4.69) is 11.8 Å². The van der Waals surface area contributed by atoms with Crippen LogP contribution < -0.4 is 10.6 Å². The van der Waals surface area contributed by atoms with E-state index in [0.29, 0.717) is 5.56 Å². The quantitative estimate of drug-likeness (QED) is 0.830. The molecular weight excluding hydrogens is 238 g/mol. The van der Waals surface area contributed by atoms with Gasteiger partial charge in [0.05, 0.1) is 11.4 Å². The maximum absolute atomic E-state index is 12.0. The molecule has 1 heterocycles. The van der Waals surface area contributed by atoms with Gasteiger partial charge in [0.25, 0.3) is 5.91 Å². The number of anilines is 2. The van der Waals surface area contributed by atoms with E-state index in [1.165, 1.54) is 12.8 Å². The third kappa shape index (κ3) is 3.00. The molecule has 0 unspecified atom stereocenters. The van der Waals surface area contributed by atoms with Crippen molar-refractivity contribution < 1.29 is 4.79 Å². The molecule has 1 aromatic carbocycles. The lowest BCUT2D eigenvalue weighted by Crippen LogP contribution is -2.33. The summed E-state index contributed by atoms with van der Waals surface area (Å²) < 4.78 is 0. The van der Waals surface area contributed by atoms with E-state index in [-0.39, 0.29) is 5.91 Å². The van der Waals surface area contributed by atoms with E-state index < -0.39 is 0 Å². The lowest BCUT2D eigenvalue weighted by Gasteiger charge is -2.33. The number of carbonyl (C=O) groups excluding carboxylic acids is 1. The molecule has 0 bridgehead atoms. The van der Waals surface area contributed by atoms with Crippen molar-refractivity contribution in [2.24, 2.45) is 5.92 Å². The van der Waals surface area contributed by atoms with Gasteiger partial charge in [-0.3, -0.25) is 4.79 Å². The zero-order valence-electron chi connectivity index (χ0n) is 12.0. The number of hydrogen-bond acceptors (Lipinski definition) is 3. The number of benzene rings is 1. The highest BCUT2D eigenvalue weighted by atomic mass is 16.2. The zero-order valence-corrected chi connectivity index (χ0v) is 12.0. The Labute approximate surface area is 115 Å². The average Bonchev–Trinajstić information content (AvgIpc) is 2.39. The van der Waals surface area contributed by atoms with E-state index >= 15 is 0 Å². The number of piperidine rings is 1. The van der Waals surface area contributed by atoms with Gasteiger partial charge in [-0.1, -0.05) is 6.92 Å². The molecule has 1 aliphatic rings. The van der Waals surface area contributed by atoms with Crippen LogP contribution in [0.15, 0.2) is 18.2 Å². The number of hydrogen-bond donors (Lipinski definition) is 1. The Morgan fingerprint density at radius 3 is 2.53 bits per heavy atom. The molecule has 0 saturated carbocycles. The fourth-order valence-corrected chi connectivity index (χ4v) is 2.46. The first kappa shape index (κ1) is 13.7. The van der Waals surface area contributed by atoms with E-state index in [4.69, 9.17) is 5.73 Å². The van der Waals surface area contributed by atoms with Gasteiger partial charge in [0.1, 0.15) is 0 Å². The fourth-order valence-electron chi connectivity index (χ4n) is 2.46. The predicted octanol–water partition coefficient (Wildman–Crippen LogP) is 2.21. The number of nitrogen functional groups attached to an aromatic ring is 1. The van der Waals surface area contributed by atoms with E-state index in [1.807, 2.05) is 12.1 Å². The van der Waals surface area contributed by atoms with Crippen molar-refractivity contribution in [3.8, 4) is 0 Å². The number of nitrogens with two attached hydrogens (primary N) is 1. The topological polar surface area (TPSA) is 49.6 Å². The SMILES string of the molecule is CC1CCN(c2cc(C(=O)N(C)C)ccc2N)CC1. The van der Waals surface area contributed by atoms with Crippen molar-refractivity contribution in [3.05, 3.63) is 23.8 Å². The minimum absolute atomic E-state index is 0.0200. The van der Waals surface area contributed by atoms with Gasteiger partial charge in [0, 0.05) is 32.7 Å². The van der Waals surface area contributed by atoms with Gasteiger partial charge in [-0.05, 0) is 37.0 Å². The van der Waals surface area contributed by atoms with Crippen LogP contribution in [0.2, 0.25) is 0 Å². The highest BCUT2D eigenvalue weighted by Crippen LogP contribution is 2.29. The molecule has 0 aromatic heterocycles. The lowest BCUT2D eigenvalue weighted by atomic mass is 9.98. The molecule has 1 aromatic rings. The Bertz CT molecular complexity index is 462. The highest BCUT2D eigenvalue weighted by molar-refractivity contribution is 5.96. The van der Waals surface area contributed by atoms with Crippen LogP contribution in [0.4, 0.5) is 11.4 Å². The molecule has 0 radical (unpaired) electrons. The summed E-state index contributed by atoms with van der Waals surface area (Å²) >= 11 is 0. The standard InChI is InChI=1S/C15H23N3O/c1-11-6-8-18(9-7-11)14-10-12(4-5-13(14)16)15(19)17(2)3/h4-5,10-11H,6-9,16H2,1-3H3. The second-order valence-corrected chi connectivity index (χ2v) is 5.64. The summed E-state index contributed by atoms with van der Waals surface area (Å²) in [5.41, 5.74) is 8.52. The lowest BCUT2D eigenvalue weighted by molar-refractivity contribution is 0.0827. The normalized spacial score (nSPS) is 16.5. The zero-order chi connectivity index (χ0) is 14.0. The maximum Gasteiger partial charge on any atom is 0.253 e. The molecule has 104 valence electrons. The van der Waals surface area contributed by atoms with Crippen LogP contribution in [-0.2, 0) is 0 Å². The van der Waals surface area contributed by atoms with Crippen molar-refractivity contribution in [2.75, 3.05) is 37.8 Å². The highest BCUT2D eigenvalue weighted by Gasteiger charge is 2.19. The molecule has 0 aliphatic carbocycles. The molecule has 0 spiro atoms. The number of nitrogens with zero attached hydrogens (tertiary/aromatic N) is 2. The third-order valence-electron chi connectivity index (χ3n) is 3.81. The number of amides is 1. The molecule has 4 nitrogen and oxygen atoms in total. The van der Waals surface area contributed by atoms with Crippen molar-refractivity contribution in [2.45, 2.75) is 19.8 Å². The molecule has 0 atom stereocenters. The van der Waals surface area contributed by atoms with Gasteiger partial charge in [-0.15, -0.1) is 0 Å². The summed E-state index contributed by atoms with van der Waals surface area (Å²) in [6.45, 7) is 4.32. The van der Waals surface area contributed by atoms with Crippen LogP contribution in [-0.4, -0.2) is 38.0 Å². The summed E-state index contributed by atoms with van der Waals surface area (Å²) in [6.07, 6.45) is 2.37. The first-order valence-electron chi connectivity index (χ1n) is 6.85. The van der Waals surface area contributed by atoms with Crippen LogP contribution in [0.1, 0.15) is 30.1 Å². The van der Waals surface area contributed by atoms with Crippen LogP contribution in [0.25, 0.3) is 0 Å². The minimum Gasteiger partial charge on any atom is -0.397 e. The summed E-state index contributed by atoms with van der Waals surface area (Å²) in [5.74, 6) is 0.802. The second-order valence-electron chi connectivity index (χ2n) is 5.64. The van der Waals surface area contributed by atoms with Crippen molar-refractivity contribution in [1.29, 1.82) is 0 Å². The largest absolute Gasteiger partial charge is 0.397 e. The van der Waals surface area contributed by atoms with Crippen LogP contribution in [0.3, 0.4) is 0 Å². The monoisotopic (exact) mass is 261 g/mol. The van der Waals surface area contributed by atoms with Gasteiger partial charge in [0.15, 0.2) is 0 Å². The molecule has 1 fully saturated rings. The Morgan fingerprint density at radius 2 is 1.95 bits per heavy atom. The molecule has 2 N–H and O–H groups in total. The van der Waals surface area contributed by atoms with E-state index in [9.17, 15) is 4.79 Å². The maximum atomic E-state index is 12.0. The third-order valence-corrected chi connectivity index (χ3v) is 3.81. The van der Waals surface area contributed by atoms with Gasteiger partial charge in [0.2, 0.25) is 0 Å². The van der Waals surface area contributed by atoms with Gasteiger partial charge in [-0.25, -0.2) is 0 Å². The van der Waals surface area contributed by atoms with Gasteiger partial charge >= 0.3 is 0 Å². The van der Waals surface area contributed by atoms with Crippen LogP contribution in [0.5, 0.6) is 0 Å². The summed E-state index contributed by atoms with van der Waals surface area (Å²) in [4.78, 5) is 15.9. The second kappa shape index (κ2) is 5.51. The Morgan fingerprint density at radius 1 is 1.32 bits per heavy atom. The first-order chi connectivity index (χ1) is 8.99. The molecule has 19 heavy (non-hydrogen) atoms. The molecule has 1 amide bonds. The van der Waals surface area contributed by atoms with Crippen molar-refractivity contribution >= 4 is 17.3 Å². The Balaban J connectivity index is 2.24. The molecule has 1 aliphatic heterocycles. The Kier molecular flexibility index (Phi) is 3.98. The van der Waals surface area contributed by atoms with Crippen molar-refractivity contribution in [1.82, 2.24) is 4.90 Å². The summed E-state index contributed by atoms with van der Waals surface area (Å²) in [5, 5.41) is 0. The van der Waals surface area contributed by atoms with E-state index in [0.717, 1.165) is 30.4 Å². The number of carbonyl (C=O) groups is 1. The van der Waals surface area contributed by atoms with Crippen molar-refractivity contribution in [3.63, 3.8) is 0 Å². The molecule has 1 saturated heterocycles. The van der Waals surface area contributed by atoms with Crippen LogP contribution in [0, 0.1) is 5.92 Å². The smallest absolute Gasteiger partial charge is 0.253 e. The predicted molar refractivity (Wildman–Crippen MR) is 79.5 cm³/mol. The minimum atomic E-state index is 0.0200. The Hall–Kier alpha value is -1.71. The average molecular weight is 261 g/mol. The van der Waals surface area contributed by atoms with Gasteiger partial charge in [-0.2, -0.15) is 0 Å². The van der Waals surface area contributed by atoms with E-state index in [1.54, 1.807) is 25.1 Å². The summed E-state index contributed by atoms with van der Waals surface area (Å²) in [6, 6.07) is 5.56.